The van der Waals surface area contributed by atoms with Crippen molar-refractivity contribution in [2.45, 2.75) is 0 Å². The number of rotatable bonds is 0. The van der Waals surface area contributed by atoms with Crippen molar-refractivity contribution >= 4 is 7.25 Å². The Morgan fingerprint density at radius 2 is 1.17 bits per heavy atom. The van der Waals surface area contributed by atoms with Gasteiger partial charge >= 0.3 is 7.25 Å². The molecule has 0 amide bonds. The molecule has 0 aliphatic carbocycles. The molecule has 0 saturated heterocycles. The molecular formula is C6H5BF4Rh-2. The molecule has 0 spiro atoms. The van der Waals surface area contributed by atoms with Gasteiger partial charge in [0.1, 0.15) is 0 Å². The zero-order valence-corrected chi connectivity index (χ0v) is 7.45. The SMILES string of the molecule is F[B-](F)(F)F.[Rh].[c-]1ccccc1. The van der Waals surface area contributed by atoms with Crippen LogP contribution in [0.15, 0.2) is 30.3 Å². The van der Waals surface area contributed by atoms with Crippen LogP contribution in [0.1, 0.15) is 0 Å². The molecule has 0 heterocycles. The summed E-state index contributed by atoms with van der Waals surface area (Å²) < 4.78 is 39.0. The third-order valence-corrected chi connectivity index (χ3v) is 0.607. The summed E-state index contributed by atoms with van der Waals surface area (Å²) in [4.78, 5) is 0. The second-order valence-corrected chi connectivity index (χ2v) is 1.57. The quantitative estimate of drug-likeness (QED) is 0.385. The van der Waals surface area contributed by atoms with Crippen molar-refractivity contribution in [3.8, 4) is 0 Å². The van der Waals surface area contributed by atoms with Gasteiger partial charge in [0.2, 0.25) is 0 Å². The fourth-order valence-electron chi connectivity index (χ4n) is 0.342. The first kappa shape index (κ1) is 14.2. The van der Waals surface area contributed by atoms with Crippen LogP contribution in [0.2, 0.25) is 0 Å². The average molecular weight is 267 g/mol. The topological polar surface area (TPSA) is 0 Å². The maximum absolute atomic E-state index is 9.75. The van der Waals surface area contributed by atoms with Crippen molar-refractivity contribution in [1.29, 1.82) is 0 Å². The molecule has 0 N–H and O–H groups in total. The largest absolute Gasteiger partial charge is 0.673 e. The summed E-state index contributed by atoms with van der Waals surface area (Å²) in [7, 11) is -6.00. The molecule has 12 heavy (non-hydrogen) atoms. The summed E-state index contributed by atoms with van der Waals surface area (Å²) in [5, 5.41) is 0. The maximum Gasteiger partial charge on any atom is 0.673 e. The van der Waals surface area contributed by atoms with Gasteiger partial charge in [-0.3, -0.25) is 0 Å². The first-order chi connectivity index (χ1) is 5.00. The van der Waals surface area contributed by atoms with Crippen molar-refractivity contribution in [3.63, 3.8) is 0 Å². The summed E-state index contributed by atoms with van der Waals surface area (Å²) >= 11 is 0. The number of halogens is 4. The van der Waals surface area contributed by atoms with Gasteiger partial charge in [0.25, 0.3) is 0 Å². The van der Waals surface area contributed by atoms with Crippen molar-refractivity contribution in [3.05, 3.63) is 36.4 Å². The standard InChI is InChI=1S/C6H5.BF4.Rh/c1-2-4-6-5-3-1;2-1(3,4)5;/h1-5H;;/q2*-1;. The minimum absolute atomic E-state index is 0. The van der Waals surface area contributed by atoms with E-state index in [1.807, 2.05) is 30.3 Å². The molecule has 6 heteroatoms. The molecule has 0 bridgehead atoms. The molecule has 0 fully saturated rings. The summed E-state index contributed by atoms with van der Waals surface area (Å²) in [5.41, 5.74) is 0. The van der Waals surface area contributed by atoms with Gasteiger partial charge in [0.05, 0.1) is 0 Å². The van der Waals surface area contributed by atoms with Crippen LogP contribution in [0.5, 0.6) is 0 Å². The zero-order chi connectivity index (χ0) is 8.74. The number of hydrogen-bond donors (Lipinski definition) is 0. The van der Waals surface area contributed by atoms with E-state index in [-0.39, 0.29) is 19.5 Å². The second-order valence-electron chi connectivity index (χ2n) is 1.57. The smallest absolute Gasteiger partial charge is 0.418 e. The van der Waals surface area contributed by atoms with Crippen LogP contribution >= 0.6 is 0 Å². The van der Waals surface area contributed by atoms with Crippen LogP contribution < -0.4 is 0 Å². The molecule has 0 aromatic heterocycles. The van der Waals surface area contributed by atoms with Crippen molar-refractivity contribution in [2.75, 3.05) is 0 Å². The average Bonchev–Trinajstić information content (AvgIpc) is 1.88. The molecule has 0 aliphatic heterocycles. The van der Waals surface area contributed by atoms with E-state index in [1.165, 1.54) is 0 Å². The Balaban J connectivity index is 0. The van der Waals surface area contributed by atoms with Gasteiger partial charge in [-0.25, -0.2) is 0 Å². The Hall–Kier alpha value is -0.372. The van der Waals surface area contributed by atoms with Crippen LogP contribution in [0.25, 0.3) is 0 Å². The fraction of sp³-hybridized carbons (Fsp3) is 0. The fourth-order valence-corrected chi connectivity index (χ4v) is 0.342. The van der Waals surface area contributed by atoms with Crippen molar-refractivity contribution in [2.24, 2.45) is 0 Å². The molecule has 1 aromatic carbocycles. The predicted molar refractivity (Wildman–Crippen MR) is 35.5 cm³/mol. The van der Waals surface area contributed by atoms with Gasteiger partial charge in [-0.2, -0.15) is 36.4 Å². The Morgan fingerprint density at radius 1 is 0.833 bits per heavy atom. The van der Waals surface area contributed by atoms with Crippen LogP contribution in [0.4, 0.5) is 17.3 Å². The van der Waals surface area contributed by atoms with E-state index in [1.54, 1.807) is 0 Å². The Bertz CT molecular complexity index is 144. The van der Waals surface area contributed by atoms with E-state index in [9.17, 15) is 17.3 Å². The molecule has 71 valence electrons. The monoisotopic (exact) mass is 267 g/mol. The Morgan fingerprint density at radius 3 is 1.25 bits per heavy atom. The van der Waals surface area contributed by atoms with Crippen LogP contribution in [-0.4, -0.2) is 7.25 Å². The zero-order valence-electron chi connectivity index (χ0n) is 5.81. The van der Waals surface area contributed by atoms with E-state index in [4.69, 9.17) is 0 Å². The number of benzene rings is 1. The van der Waals surface area contributed by atoms with E-state index >= 15 is 0 Å². The van der Waals surface area contributed by atoms with E-state index in [0.717, 1.165) is 0 Å². The van der Waals surface area contributed by atoms with Gasteiger partial charge in [0, 0.05) is 19.5 Å². The third-order valence-electron chi connectivity index (χ3n) is 0.607. The summed E-state index contributed by atoms with van der Waals surface area (Å²) in [6.07, 6.45) is 0. The van der Waals surface area contributed by atoms with Crippen molar-refractivity contribution in [1.82, 2.24) is 0 Å². The van der Waals surface area contributed by atoms with Crippen LogP contribution in [-0.2, 0) is 19.5 Å². The van der Waals surface area contributed by atoms with E-state index < -0.39 is 7.25 Å². The molecule has 0 atom stereocenters. The summed E-state index contributed by atoms with van der Waals surface area (Å²) in [6, 6.07) is 12.5. The van der Waals surface area contributed by atoms with Gasteiger partial charge in [-0.05, 0) is 0 Å². The number of hydrogen-bond acceptors (Lipinski definition) is 0. The maximum atomic E-state index is 9.75. The molecular weight excluding hydrogens is 262 g/mol. The van der Waals surface area contributed by atoms with E-state index in [2.05, 4.69) is 6.07 Å². The first-order valence-electron chi connectivity index (χ1n) is 2.78. The van der Waals surface area contributed by atoms with Gasteiger partial charge in [-0.15, -0.1) is 0 Å². The van der Waals surface area contributed by atoms with Gasteiger partial charge < -0.3 is 17.3 Å². The molecule has 0 saturated carbocycles. The Kier molecular flexibility index (Phi) is 8.60. The normalized spacial score (nSPS) is 9.00. The molecule has 1 radical (unpaired) electrons. The molecule has 1 rings (SSSR count). The summed E-state index contributed by atoms with van der Waals surface area (Å²) in [6.45, 7) is 0. The second kappa shape index (κ2) is 7.29. The summed E-state index contributed by atoms with van der Waals surface area (Å²) in [5.74, 6) is 0. The molecule has 0 nitrogen and oxygen atoms in total. The van der Waals surface area contributed by atoms with Gasteiger partial charge in [0.15, 0.2) is 0 Å². The van der Waals surface area contributed by atoms with Crippen LogP contribution in [0.3, 0.4) is 0 Å². The minimum Gasteiger partial charge on any atom is -0.418 e. The predicted octanol–water partition coefficient (Wildman–Crippen LogP) is 2.78. The first-order valence-corrected chi connectivity index (χ1v) is 2.78. The minimum atomic E-state index is -6.00. The molecule has 0 unspecified atom stereocenters. The Labute approximate surface area is 80.8 Å². The molecule has 1 aromatic rings. The van der Waals surface area contributed by atoms with Crippen molar-refractivity contribution < 1.29 is 36.7 Å². The third kappa shape index (κ3) is 22.6. The molecule has 0 aliphatic rings. The van der Waals surface area contributed by atoms with E-state index in [0.29, 0.717) is 0 Å². The van der Waals surface area contributed by atoms with Crippen LogP contribution in [0, 0.1) is 6.07 Å². The van der Waals surface area contributed by atoms with Gasteiger partial charge in [-0.1, -0.05) is 0 Å².